The SMILES string of the molecule is CSCCC(N)C(=O)NC(Cc1ccc(O)cc1)C(=O)NC(Cc1ccccc1)C(=O)NC(CC(C)C)C(=O)O. The van der Waals surface area contributed by atoms with Crippen molar-refractivity contribution in [2.24, 2.45) is 11.7 Å². The summed E-state index contributed by atoms with van der Waals surface area (Å²) >= 11 is 1.55. The molecule has 0 fully saturated rings. The summed E-state index contributed by atoms with van der Waals surface area (Å²) in [5, 5.41) is 27.3. The Labute approximate surface area is 239 Å². The number of hydrogen-bond acceptors (Lipinski definition) is 7. The Morgan fingerprint density at radius 3 is 1.80 bits per heavy atom. The second-order valence-electron chi connectivity index (χ2n) is 10.1. The number of nitrogens with one attached hydrogen (secondary N) is 3. The predicted octanol–water partition coefficient (Wildman–Crippen LogP) is 1.84. The van der Waals surface area contributed by atoms with Crippen molar-refractivity contribution in [3.05, 3.63) is 65.7 Å². The van der Waals surface area contributed by atoms with E-state index in [2.05, 4.69) is 16.0 Å². The summed E-state index contributed by atoms with van der Waals surface area (Å²) in [6, 6.07) is 11.1. The molecule has 2 aromatic carbocycles. The van der Waals surface area contributed by atoms with Gasteiger partial charge in [0.05, 0.1) is 6.04 Å². The van der Waals surface area contributed by atoms with E-state index >= 15 is 0 Å². The van der Waals surface area contributed by atoms with Crippen LogP contribution < -0.4 is 21.7 Å². The first-order valence-electron chi connectivity index (χ1n) is 13.2. The Balaban J connectivity index is 2.30. The molecule has 0 aliphatic heterocycles. The van der Waals surface area contributed by atoms with Crippen molar-refractivity contribution >= 4 is 35.5 Å². The summed E-state index contributed by atoms with van der Waals surface area (Å²) < 4.78 is 0. The average Bonchev–Trinajstić information content (AvgIpc) is 2.91. The number of carboxylic acid groups (broad SMARTS) is 1. The highest BCUT2D eigenvalue weighted by molar-refractivity contribution is 7.98. The Hall–Kier alpha value is -3.57. The van der Waals surface area contributed by atoms with Gasteiger partial charge in [0.2, 0.25) is 17.7 Å². The average molecular weight is 573 g/mol. The van der Waals surface area contributed by atoms with Crippen LogP contribution in [0, 0.1) is 5.92 Å². The van der Waals surface area contributed by atoms with E-state index in [-0.39, 0.29) is 30.9 Å². The maximum atomic E-state index is 13.6. The molecule has 11 heteroatoms. The summed E-state index contributed by atoms with van der Waals surface area (Å²) in [5.74, 6) is -2.18. The third-order valence-corrected chi connectivity index (χ3v) is 6.86. The van der Waals surface area contributed by atoms with Crippen LogP contribution in [0.5, 0.6) is 5.75 Å². The van der Waals surface area contributed by atoms with Crippen molar-refractivity contribution < 1.29 is 29.4 Å². The molecular weight excluding hydrogens is 532 g/mol. The first-order chi connectivity index (χ1) is 19.0. The first kappa shape index (κ1) is 32.6. The van der Waals surface area contributed by atoms with Crippen LogP contribution in [0.25, 0.3) is 0 Å². The number of aliphatic carboxylic acids is 1. The number of carboxylic acids is 1. The number of thioether (sulfide) groups is 1. The van der Waals surface area contributed by atoms with Gasteiger partial charge in [0.1, 0.15) is 23.9 Å². The molecule has 0 spiro atoms. The lowest BCUT2D eigenvalue weighted by molar-refractivity contribution is -0.142. The topological polar surface area (TPSA) is 171 Å². The molecular formula is C29H40N4O6S. The molecule has 0 aliphatic rings. The number of carbonyl (C=O) groups is 4. The number of benzene rings is 2. The quantitative estimate of drug-likeness (QED) is 0.177. The van der Waals surface area contributed by atoms with Crippen LogP contribution in [-0.2, 0) is 32.0 Å². The van der Waals surface area contributed by atoms with Crippen LogP contribution in [0.3, 0.4) is 0 Å². The fourth-order valence-electron chi connectivity index (χ4n) is 4.03. The molecule has 0 bridgehead atoms. The summed E-state index contributed by atoms with van der Waals surface area (Å²) in [6.07, 6.45) is 2.74. The number of nitrogens with two attached hydrogens (primary N) is 1. The molecule has 0 saturated carbocycles. The van der Waals surface area contributed by atoms with E-state index in [9.17, 15) is 29.4 Å². The lowest BCUT2D eigenvalue weighted by Gasteiger charge is -2.26. The van der Waals surface area contributed by atoms with Gasteiger partial charge in [-0.3, -0.25) is 14.4 Å². The number of carbonyl (C=O) groups excluding carboxylic acids is 3. The van der Waals surface area contributed by atoms with Gasteiger partial charge in [0.15, 0.2) is 0 Å². The Kier molecular flexibility index (Phi) is 13.5. The lowest BCUT2D eigenvalue weighted by atomic mass is 10.0. The largest absolute Gasteiger partial charge is 0.508 e. The Bertz CT molecular complexity index is 1110. The molecule has 3 amide bonds. The zero-order valence-electron chi connectivity index (χ0n) is 23.1. The smallest absolute Gasteiger partial charge is 0.326 e. The highest BCUT2D eigenvalue weighted by atomic mass is 32.2. The van der Waals surface area contributed by atoms with Gasteiger partial charge in [-0.15, -0.1) is 0 Å². The third kappa shape index (κ3) is 11.3. The van der Waals surface area contributed by atoms with Gasteiger partial charge in [0.25, 0.3) is 0 Å². The molecule has 0 saturated heterocycles. The second kappa shape index (κ2) is 16.5. The number of phenolic OH excluding ortho intramolecular Hbond substituents is 1. The van der Waals surface area contributed by atoms with Crippen molar-refractivity contribution in [3.63, 3.8) is 0 Å². The molecule has 0 radical (unpaired) electrons. The highest BCUT2D eigenvalue weighted by Crippen LogP contribution is 2.13. The zero-order valence-corrected chi connectivity index (χ0v) is 23.9. The molecule has 4 atom stereocenters. The molecule has 0 aliphatic carbocycles. The van der Waals surface area contributed by atoms with Crippen LogP contribution in [0.1, 0.15) is 37.8 Å². The summed E-state index contributed by atoms with van der Waals surface area (Å²) in [4.78, 5) is 51.5. The summed E-state index contributed by atoms with van der Waals surface area (Å²) in [5.41, 5.74) is 7.46. The minimum absolute atomic E-state index is 0.0174. The highest BCUT2D eigenvalue weighted by Gasteiger charge is 2.31. The molecule has 2 aromatic rings. The molecule has 218 valence electrons. The Morgan fingerprint density at radius 1 is 0.800 bits per heavy atom. The minimum atomic E-state index is -1.16. The molecule has 2 rings (SSSR count). The molecule has 0 aromatic heterocycles. The number of rotatable bonds is 16. The fraction of sp³-hybridized carbons (Fsp3) is 0.448. The van der Waals surface area contributed by atoms with Crippen molar-refractivity contribution in [3.8, 4) is 5.75 Å². The van der Waals surface area contributed by atoms with Gasteiger partial charge in [-0.1, -0.05) is 56.3 Å². The van der Waals surface area contributed by atoms with Crippen molar-refractivity contribution in [2.45, 2.75) is 63.7 Å². The zero-order chi connectivity index (χ0) is 29.7. The second-order valence-corrected chi connectivity index (χ2v) is 11.1. The molecule has 40 heavy (non-hydrogen) atoms. The van der Waals surface area contributed by atoms with E-state index in [1.54, 1.807) is 48.2 Å². The van der Waals surface area contributed by atoms with Crippen LogP contribution in [0.4, 0.5) is 0 Å². The number of aromatic hydroxyl groups is 1. The van der Waals surface area contributed by atoms with Crippen LogP contribution in [0.2, 0.25) is 0 Å². The van der Waals surface area contributed by atoms with Gasteiger partial charge < -0.3 is 31.9 Å². The summed E-state index contributed by atoms with van der Waals surface area (Å²) in [7, 11) is 0. The van der Waals surface area contributed by atoms with E-state index in [1.807, 2.05) is 26.2 Å². The fourth-order valence-corrected chi connectivity index (χ4v) is 4.52. The Morgan fingerprint density at radius 2 is 1.30 bits per heavy atom. The van der Waals surface area contributed by atoms with Gasteiger partial charge in [-0.2, -0.15) is 11.8 Å². The predicted molar refractivity (Wildman–Crippen MR) is 156 cm³/mol. The van der Waals surface area contributed by atoms with E-state index in [0.29, 0.717) is 17.7 Å². The van der Waals surface area contributed by atoms with Crippen LogP contribution >= 0.6 is 11.8 Å². The first-order valence-corrected chi connectivity index (χ1v) is 14.6. The van der Waals surface area contributed by atoms with Crippen LogP contribution in [-0.4, -0.2) is 70.1 Å². The molecule has 0 heterocycles. The van der Waals surface area contributed by atoms with E-state index in [1.165, 1.54) is 12.1 Å². The molecule has 10 nitrogen and oxygen atoms in total. The number of hydrogen-bond donors (Lipinski definition) is 6. The normalized spacial score (nSPS) is 14.0. The summed E-state index contributed by atoms with van der Waals surface area (Å²) in [6.45, 7) is 3.71. The maximum absolute atomic E-state index is 13.6. The number of amides is 3. The minimum Gasteiger partial charge on any atom is -0.508 e. The van der Waals surface area contributed by atoms with Crippen molar-refractivity contribution in [1.29, 1.82) is 0 Å². The van der Waals surface area contributed by atoms with E-state index in [4.69, 9.17) is 5.73 Å². The molecule has 7 N–H and O–H groups in total. The third-order valence-electron chi connectivity index (χ3n) is 6.22. The van der Waals surface area contributed by atoms with Crippen LogP contribution in [0.15, 0.2) is 54.6 Å². The van der Waals surface area contributed by atoms with Crippen molar-refractivity contribution in [2.75, 3.05) is 12.0 Å². The lowest BCUT2D eigenvalue weighted by Crippen LogP contribution is -2.58. The van der Waals surface area contributed by atoms with E-state index in [0.717, 1.165) is 5.56 Å². The molecule has 4 unspecified atom stereocenters. The standard InChI is InChI=1S/C29H40N4O6S/c1-18(2)15-25(29(38)39)33-28(37)24(16-19-7-5-4-6-8-19)32-27(36)23(17-20-9-11-21(34)12-10-20)31-26(35)22(30)13-14-40-3/h4-12,18,22-25,34H,13-17,30H2,1-3H3,(H,31,35)(H,32,36)(H,33,37)(H,38,39). The number of phenols is 1. The van der Waals surface area contributed by atoms with Gasteiger partial charge in [-0.05, 0) is 54.0 Å². The maximum Gasteiger partial charge on any atom is 0.326 e. The van der Waals surface area contributed by atoms with Gasteiger partial charge in [-0.25, -0.2) is 4.79 Å². The van der Waals surface area contributed by atoms with Gasteiger partial charge >= 0.3 is 5.97 Å². The van der Waals surface area contributed by atoms with E-state index < -0.39 is 47.9 Å². The van der Waals surface area contributed by atoms with Crippen molar-refractivity contribution in [1.82, 2.24) is 16.0 Å². The monoisotopic (exact) mass is 572 g/mol. The van der Waals surface area contributed by atoms with Gasteiger partial charge in [0, 0.05) is 12.8 Å².